The molecule has 1 N–H and O–H groups in total. The molecule has 0 bridgehead atoms. The van der Waals surface area contributed by atoms with Gasteiger partial charge in [0.1, 0.15) is 5.82 Å². The number of rotatable bonds is 5. The van der Waals surface area contributed by atoms with Gasteiger partial charge in [-0.15, -0.1) is 0 Å². The number of nitro groups is 1. The van der Waals surface area contributed by atoms with Crippen molar-refractivity contribution in [2.75, 3.05) is 12.4 Å². The van der Waals surface area contributed by atoms with Gasteiger partial charge in [-0.3, -0.25) is 14.9 Å². The van der Waals surface area contributed by atoms with E-state index in [0.29, 0.717) is 11.3 Å². The van der Waals surface area contributed by atoms with Crippen LogP contribution in [0, 0.1) is 15.9 Å². The molecule has 6 nitrogen and oxygen atoms in total. The van der Waals surface area contributed by atoms with E-state index in [0.717, 1.165) is 0 Å². The van der Waals surface area contributed by atoms with Crippen LogP contribution in [-0.2, 0) is 11.2 Å². The first-order valence-corrected chi connectivity index (χ1v) is 6.36. The van der Waals surface area contributed by atoms with Crippen LogP contribution in [0.4, 0.5) is 15.8 Å². The van der Waals surface area contributed by atoms with E-state index >= 15 is 0 Å². The fourth-order valence-corrected chi connectivity index (χ4v) is 1.90. The Morgan fingerprint density at radius 1 is 1.27 bits per heavy atom. The number of hydrogen-bond donors (Lipinski definition) is 1. The van der Waals surface area contributed by atoms with Gasteiger partial charge in [0.25, 0.3) is 0 Å². The van der Waals surface area contributed by atoms with Gasteiger partial charge in [0.15, 0.2) is 5.75 Å². The molecule has 0 unspecified atom stereocenters. The molecule has 0 fully saturated rings. The van der Waals surface area contributed by atoms with Crippen molar-refractivity contribution in [2.24, 2.45) is 0 Å². The first kappa shape index (κ1) is 15.4. The van der Waals surface area contributed by atoms with Crippen LogP contribution in [0.15, 0.2) is 42.5 Å². The second kappa shape index (κ2) is 6.66. The van der Waals surface area contributed by atoms with E-state index in [1.165, 1.54) is 49.6 Å². The monoisotopic (exact) mass is 304 g/mol. The molecule has 0 saturated carbocycles. The van der Waals surface area contributed by atoms with Crippen LogP contribution in [0.3, 0.4) is 0 Å². The zero-order valence-corrected chi connectivity index (χ0v) is 11.7. The number of nitrogens with zero attached hydrogens (tertiary/aromatic N) is 1. The number of amides is 1. The van der Waals surface area contributed by atoms with Gasteiger partial charge in [-0.2, -0.15) is 0 Å². The Morgan fingerprint density at radius 3 is 2.55 bits per heavy atom. The van der Waals surface area contributed by atoms with Gasteiger partial charge in [-0.1, -0.05) is 12.1 Å². The molecule has 0 aliphatic rings. The van der Waals surface area contributed by atoms with Crippen LogP contribution in [0.5, 0.6) is 5.75 Å². The molecule has 0 spiro atoms. The van der Waals surface area contributed by atoms with Crippen LogP contribution in [0.1, 0.15) is 5.56 Å². The Bertz CT molecular complexity index is 701. The summed E-state index contributed by atoms with van der Waals surface area (Å²) >= 11 is 0. The predicted octanol–water partition coefficient (Wildman–Crippen LogP) is 2.92. The highest BCUT2D eigenvalue weighted by atomic mass is 19.1. The predicted molar refractivity (Wildman–Crippen MR) is 78.4 cm³/mol. The summed E-state index contributed by atoms with van der Waals surface area (Å²) in [6.07, 6.45) is 0.0418. The summed E-state index contributed by atoms with van der Waals surface area (Å²) in [5.74, 6) is -0.623. The molecule has 0 aliphatic carbocycles. The molecule has 1 amide bonds. The van der Waals surface area contributed by atoms with Gasteiger partial charge in [-0.05, 0) is 29.8 Å². The van der Waals surface area contributed by atoms with Gasteiger partial charge in [0.2, 0.25) is 5.91 Å². The van der Waals surface area contributed by atoms with Crippen molar-refractivity contribution in [3.63, 3.8) is 0 Å². The molecule has 2 rings (SSSR count). The molecular formula is C15H13FN2O4. The third-order valence-corrected chi connectivity index (χ3v) is 2.94. The fraction of sp³-hybridized carbons (Fsp3) is 0.133. The Kier molecular flexibility index (Phi) is 4.67. The topological polar surface area (TPSA) is 81.5 Å². The molecule has 114 valence electrons. The number of methoxy groups -OCH3 is 1. The summed E-state index contributed by atoms with van der Waals surface area (Å²) in [5, 5.41) is 13.5. The van der Waals surface area contributed by atoms with E-state index in [9.17, 15) is 19.3 Å². The molecule has 0 aliphatic heterocycles. The minimum absolute atomic E-state index is 0.0418. The Hall–Kier alpha value is -2.96. The molecule has 7 heteroatoms. The van der Waals surface area contributed by atoms with Crippen molar-refractivity contribution < 1.29 is 18.8 Å². The van der Waals surface area contributed by atoms with Gasteiger partial charge in [-0.25, -0.2) is 4.39 Å². The number of benzene rings is 2. The number of anilines is 1. The smallest absolute Gasteiger partial charge is 0.312 e. The number of halogens is 1. The van der Waals surface area contributed by atoms with Crippen LogP contribution in [0.2, 0.25) is 0 Å². The van der Waals surface area contributed by atoms with E-state index < -0.39 is 4.92 Å². The molecular weight excluding hydrogens is 291 g/mol. The molecule has 0 saturated heterocycles. The maximum Gasteiger partial charge on any atom is 0.312 e. The summed E-state index contributed by atoms with van der Waals surface area (Å²) in [6, 6.07) is 9.68. The lowest BCUT2D eigenvalue weighted by atomic mass is 10.1. The standard InChI is InChI=1S/C15H13FN2O4/c1-22-14-7-6-12(9-13(14)18(20)21)17-15(19)8-10-2-4-11(16)5-3-10/h2-7,9H,8H2,1H3,(H,17,19). The van der Waals surface area contributed by atoms with E-state index in [1.54, 1.807) is 0 Å². The van der Waals surface area contributed by atoms with Gasteiger partial charge >= 0.3 is 5.69 Å². The molecule has 0 atom stereocenters. The third-order valence-electron chi connectivity index (χ3n) is 2.94. The Morgan fingerprint density at radius 2 is 1.95 bits per heavy atom. The lowest BCUT2D eigenvalue weighted by Crippen LogP contribution is -2.14. The number of carbonyl (C=O) groups is 1. The summed E-state index contributed by atoms with van der Waals surface area (Å²) in [7, 11) is 1.33. The van der Waals surface area contributed by atoms with Crippen molar-refractivity contribution >= 4 is 17.3 Å². The number of nitrogens with one attached hydrogen (secondary N) is 1. The SMILES string of the molecule is COc1ccc(NC(=O)Cc2ccc(F)cc2)cc1[N+](=O)[O-]. The highest BCUT2D eigenvalue weighted by Gasteiger charge is 2.16. The van der Waals surface area contributed by atoms with Crippen molar-refractivity contribution in [2.45, 2.75) is 6.42 Å². The normalized spacial score (nSPS) is 10.1. The average Bonchev–Trinajstić information content (AvgIpc) is 2.49. The second-order valence-electron chi connectivity index (χ2n) is 4.50. The van der Waals surface area contributed by atoms with Crippen LogP contribution in [0.25, 0.3) is 0 Å². The summed E-state index contributed by atoms with van der Waals surface area (Å²) in [4.78, 5) is 22.2. The Balaban J connectivity index is 2.09. The lowest BCUT2D eigenvalue weighted by Gasteiger charge is -2.07. The third kappa shape index (κ3) is 3.78. The second-order valence-corrected chi connectivity index (χ2v) is 4.50. The van der Waals surface area contributed by atoms with E-state index in [-0.39, 0.29) is 29.6 Å². The van der Waals surface area contributed by atoms with Crippen molar-refractivity contribution in [1.29, 1.82) is 0 Å². The largest absolute Gasteiger partial charge is 0.490 e. The summed E-state index contributed by atoms with van der Waals surface area (Å²) < 4.78 is 17.7. The van der Waals surface area contributed by atoms with Gasteiger partial charge in [0, 0.05) is 11.8 Å². The maximum absolute atomic E-state index is 12.8. The first-order chi connectivity index (χ1) is 10.5. The molecule has 0 radical (unpaired) electrons. The van der Waals surface area contributed by atoms with E-state index in [1.807, 2.05) is 0 Å². The molecule has 2 aromatic carbocycles. The fourth-order valence-electron chi connectivity index (χ4n) is 1.90. The zero-order chi connectivity index (χ0) is 16.1. The molecule has 22 heavy (non-hydrogen) atoms. The minimum Gasteiger partial charge on any atom is -0.490 e. The minimum atomic E-state index is -0.589. The van der Waals surface area contributed by atoms with E-state index in [2.05, 4.69) is 5.32 Å². The first-order valence-electron chi connectivity index (χ1n) is 6.36. The maximum atomic E-state index is 12.8. The highest BCUT2D eigenvalue weighted by molar-refractivity contribution is 5.92. The quantitative estimate of drug-likeness (QED) is 0.680. The van der Waals surface area contributed by atoms with Crippen LogP contribution < -0.4 is 10.1 Å². The summed E-state index contributed by atoms with van der Waals surface area (Å²) in [6.45, 7) is 0. The van der Waals surface area contributed by atoms with E-state index in [4.69, 9.17) is 4.74 Å². The lowest BCUT2D eigenvalue weighted by molar-refractivity contribution is -0.385. The van der Waals surface area contributed by atoms with Gasteiger partial charge in [0.05, 0.1) is 18.5 Å². The van der Waals surface area contributed by atoms with Crippen molar-refractivity contribution in [3.05, 3.63) is 64.0 Å². The number of ether oxygens (including phenoxy) is 1. The highest BCUT2D eigenvalue weighted by Crippen LogP contribution is 2.29. The zero-order valence-electron chi connectivity index (χ0n) is 11.7. The Labute approximate surface area is 125 Å². The average molecular weight is 304 g/mol. The number of nitro benzene ring substituents is 1. The number of carbonyl (C=O) groups excluding carboxylic acids is 1. The van der Waals surface area contributed by atoms with Crippen LogP contribution >= 0.6 is 0 Å². The van der Waals surface area contributed by atoms with Crippen LogP contribution in [-0.4, -0.2) is 17.9 Å². The summed E-state index contributed by atoms with van der Waals surface area (Å²) in [5.41, 5.74) is 0.698. The molecule has 0 aromatic heterocycles. The molecule has 2 aromatic rings. The molecule has 0 heterocycles. The number of hydrogen-bond acceptors (Lipinski definition) is 4. The van der Waals surface area contributed by atoms with Crippen molar-refractivity contribution in [1.82, 2.24) is 0 Å². The van der Waals surface area contributed by atoms with Gasteiger partial charge < -0.3 is 10.1 Å². The van der Waals surface area contributed by atoms with Crippen molar-refractivity contribution in [3.8, 4) is 5.75 Å².